The lowest BCUT2D eigenvalue weighted by Crippen LogP contribution is -2.34. The van der Waals surface area contributed by atoms with E-state index in [9.17, 15) is 4.79 Å². The minimum absolute atomic E-state index is 0.268. The van der Waals surface area contributed by atoms with E-state index in [2.05, 4.69) is 16.9 Å². The standard InChI is InChI=1S/C14H23N3O2/c1-4-19-14(18)12-8-15-16(3)13(12)10-17-7-5-6-11(2)9-17/h8,11H,4-7,9-10H2,1-3H3/t11-/m0/s1. The summed E-state index contributed by atoms with van der Waals surface area (Å²) in [6.45, 7) is 7.45. The first-order valence-corrected chi connectivity index (χ1v) is 7.02. The van der Waals surface area contributed by atoms with Gasteiger partial charge in [0.1, 0.15) is 5.56 Å². The van der Waals surface area contributed by atoms with Crippen LogP contribution in [0.2, 0.25) is 0 Å². The summed E-state index contributed by atoms with van der Waals surface area (Å²) in [4.78, 5) is 14.3. The molecule has 1 saturated heterocycles. The predicted molar refractivity (Wildman–Crippen MR) is 72.8 cm³/mol. The van der Waals surface area contributed by atoms with Gasteiger partial charge < -0.3 is 4.74 Å². The third-order valence-corrected chi connectivity index (χ3v) is 3.67. The largest absolute Gasteiger partial charge is 0.462 e. The quantitative estimate of drug-likeness (QED) is 0.779. The summed E-state index contributed by atoms with van der Waals surface area (Å²) in [7, 11) is 1.88. The van der Waals surface area contributed by atoms with Crippen LogP contribution >= 0.6 is 0 Å². The first kappa shape index (κ1) is 14.1. The number of carbonyl (C=O) groups excluding carboxylic acids is 1. The summed E-state index contributed by atoms with van der Waals surface area (Å²) < 4.78 is 6.86. The van der Waals surface area contributed by atoms with Gasteiger partial charge in [-0.2, -0.15) is 5.10 Å². The Morgan fingerprint density at radius 3 is 3.05 bits per heavy atom. The molecule has 1 aromatic rings. The highest BCUT2D eigenvalue weighted by Crippen LogP contribution is 2.19. The molecule has 106 valence electrons. The second-order valence-electron chi connectivity index (χ2n) is 5.33. The summed E-state index contributed by atoms with van der Waals surface area (Å²) in [5.41, 5.74) is 1.55. The fourth-order valence-corrected chi connectivity index (χ4v) is 2.67. The zero-order valence-corrected chi connectivity index (χ0v) is 12.1. The molecule has 0 aliphatic carbocycles. The van der Waals surface area contributed by atoms with Gasteiger partial charge in [-0.1, -0.05) is 6.92 Å². The number of piperidine rings is 1. The van der Waals surface area contributed by atoms with Crippen molar-refractivity contribution in [2.45, 2.75) is 33.2 Å². The molecule has 1 atom stereocenters. The molecule has 0 aromatic carbocycles. The van der Waals surface area contributed by atoms with Crippen molar-refractivity contribution < 1.29 is 9.53 Å². The van der Waals surface area contributed by atoms with E-state index >= 15 is 0 Å². The van der Waals surface area contributed by atoms with Crippen LogP contribution in [0.4, 0.5) is 0 Å². The summed E-state index contributed by atoms with van der Waals surface area (Å²) in [5, 5.41) is 4.19. The highest BCUT2D eigenvalue weighted by atomic mass is 16.5. The summed E-state index contributed by atoms with van der Waals surface area (Å²) in [6, 6.07) is 0. The lowest BCUT2D eigenvalue weighted by atomic mass is 10.00. The number of rotatable bonds is 4. The fourth-order valence-electron chi connectivity index (χ4n) is 2.67. The minimum atomic E-state index is -0.268. The van der Waals surface area contributed by atoms with Gasteiger partial charge in [-0.25, -0.2) is 4.79 Å². The second-order valence-corrected chi connectivity index (χ2v) is 5.33. The van der Waals surface area contributed by atoms with Crippen LogP contribution in [-0.4, -0.2) is 40.3 Å². The van der Waals surface area contributed by atoms with E-state index in [-0.39, 0.29) is 5.97 Å². The van der Waals surface area contributed by atoms with Crippen molar-refractivity contribution in [2.75, 3.05) is 19.7 Å². The Bertz CT molecular complexity index is 442. The number of ether oxygens (including phenoxy) is 1. The first-order chi connectivity index (χ1) is 9.11. The molecule has 0 saturated carbocycles. The van der Waals surface area contributed by atoms with Crippen LogP contribution in [0.25, 0.3) is 0 Å². The molecular formula is C14H23N3O2. The van der Waals surface area contributed by atoms with E-state index < -0.39 is 0 Å². The summed E-state index contributed by atoms with van der Waals surface area (Å²) in [5.74, 6) is 0.462. The van der Waals surface area contributed by atoms with Crippen molar-refractivity contribution in [3.8, 4) is 0 Å². The van der Waals surface area contributed by atoms with Crippen molar-refractivity contribution in [1.82, 2.24) is 14.7 Å². The first-order valence-electron chi connectivity index (χ1n) is 7.02. The monoisotopic (exact) mass is 265 g/mol. The summed E-state index contributed by atoms with van der Waals surface area (Å²) in [6.07, 6.45) is 4.14. The number of aromatic nitrogens is 2. The molecule has 0 N–H and O–H groups in total. The highest BCUT2D eigenvalue weighted by Gasteiger charge is 2.22. The van der Waals surface area contributed by atoms with Gasteiger partial charge in [-0.05, 0) is 32.2 Å². The number of esters is 1. The number of carbonyl (C=O) groups is 1. The number of aryl methyl sites for hydroxylation is 1. The lowest BCUT2D eigenvalue weighted by Gasteiger charge is -2.30. The third kappa shape index (κ3) is 3.35. The molecule has 2 rings (SSSR count). The van der Waals surface area contributed by atoms with Crippen molar-refractivity contribution in [3.05, 3.63) is 17.5 Å². The second kappa shape index (κ2) is 6.19. The molecule has 1 fully saturated rings. The Morgan fingerprint density at radius 1 is 1.58 bits per heavy atom. The van der Waals surface area contributed by atoms with Crippen molar-refractivity contribution in [2.24, 2.45) is 13.0 Å². The number of hydrogen-bond acceptors (Lipinski definition) is 4. The number of likely N-dealkylation sites (tertiary alicyclic amines) is 1. The van der Waals surface area contributed by atoms with E-state index in [0.29, 0.717) is 12.2 Å². The molecule has 19 heavy (non-hydrogen) atoms. The minimum Gasteiger partial charge on any atom is -0.462 e. The zero-order chi connectivity index (χ0) is 13.8. The molecule has 0 bridgehead atoms. The van der Waals surface area contributed by atoms with Gasteiger partial charge in [0, 0.05) is 20.1 Å². The van der Waals surface area contributed by atoms with Crippen LogP contribution in [0, 0.1) is 5.92 Å². The van der Waals surface area contributed by atoms with Crippen LogP contribution in [0.3, 0.4) is 0 Å². The van der Waals surface area contributed by atoms with E-state index in [4.69, 9.17) is 4.74 Å². The molecule has 0 radical (unpaired) electrons. The Kier molecular flexibility index (Phi) is 4.58. The van der Waals surface area contributed by atoms with Crippen molar-refractivity contribution in [1.29, 1.82) is 0 Å². The Hall–Kier alpha value is -1.36. The molecule has 1 aliphatic heterocycles. The topological polar surface area (TPSA) is 47.4 Å². The van der Waals surface area contributed by atoms with Crippen LogP contribution in [0.15, 0.2) is 6.20 Å². The van der Waals surface area contributed by atoms with Gasteiger partial charge in [0.05, 0.1) is 18.5 Å². The van der Waals surface area contributed by atoms with Crippen molar-refractivity contribution >= 4 is 5.97 Å². The zero-order valence-electron chi connectivity index (χ0n) is 12.1. The molecule has 1 aliphatic rings. The molecule has 0 unspecified atom stereocenters. The van der Waals surface area contributed by atoms with E-state index in [1.165, 1.54) is 12.8 Å². The average molecular weight is 265 g/mol. The van der Waals surface area contributed by atoms with Gasteiger partial charge in [-0.3, -0.25) is 9.58 Å². The van der Waals surface area contributed by atoms with Gasteiger partial charge in [-0.15, -0.1) is 0 Å². The fraction of sp³-hybridized carbons (Fsp3) is 0.714. The molecule has 2 heterocycles. The average Bonchev–Trinajstić information content (AvgIpc) is 2.72. The molecule has 0 amide bonds. The van der Waals surface area contributed by atoms with E-state index in [0.717, 1.165) is 31.2 Å². The lowest BCUT2D eigenvalue weighted by molar-refractivity contribution is 0.0523. The van der Waals surface area contributed by atoms with Crippen LogP contribution < -0.4 is 0 Å². The highest BCUT2D eigenvalue weighted by molar-refractivity contribution is 5.90. The summed E-state index contributed by atoms with van der Waals surface area (Å²) >= 11 is 0. The predicted octanol–water partition coefficient (Wildman–Crippen LogP) is 1.83. The molecule has 0 spiro atoms. The third-order valence-electron chi connectivity index (χ3n) is 3.67. The van der Waals surface area contributed by atoms with Gasteiger partial charge in [0.2, 0.25) is 0 Å². The van der Waals surface area contributed by atoms with Gasteiger partial charge in [0.25, 0.3) is 0 Å². The van der Waals surface area contributed by atoms with Crippen LogP contribution in [-0.2, 0) is 18.3 Å². The SMILES string of the molecule is CCOC(=O)c1cnn(C)c1CN1CCC[C@H](C)C1. The Labute approximate surface area is 114 Å². The normalized spacial score (nSPS) is 20.5. The van der Waals surface area contributed by atoms with E-state index in [1.807, 2.05) is 14.0 Å². The van der Waals surface area contributed by atoms with Crippen LogP contribution in [0.5, 0.6) is 0 Å². The molecule has 5 heteroatoms. The number of hydrogen-bond donors (Lipinski definition) is 0. The van der Waals surface area contributed by atoms with Gasteiger partial charge >= 0.3 is 5.97 Å². The smallest absolute Gasteiger partial charge is 0.341 e. The maximum Gasteiger partial charge on any atom is 0.341 e. The molecule has 5 nitrogen and oxygen atoms in total. The van der Waals surface area contributed by atoms with Gasteiger partial charge in [0.15, 0.2) is 0 Å². The van der Waals surface area contributed by atoms with Crippen LogP contribution in [0.1, 0.15) is 42.7 Å². The number of nitrogens with zero attached hydrogens (tertiary/aromatic N) is 3. The maximum atomic E-state index is 11.9. The molecular weight excluding hydrogens is 242 g/mol. The molecule has 1 aromatic heterocycles. The Morgan fingerprint density at radius 2 is 2.37 bits per heavy atom. The Balaban J connectivity index is 2.10. The maximum absolute atomic E-state index is 11.9. The van der Waals surface area contributed by atoms with E-state index in [1.54, 1.807) is 10.9 Å². The van der Waals surface area contributed by atoms with Crippen molar-refractivity contribution in [3.63, 3.8) is 0 Å².